The molecule has 0 aromatic heterocycles. The van der Waals surface area contributed by atoms with Gasteiger partial charge in [0.15, 0.2) is 0 Å². The molecule has 1 aliphatic carbocycles. The Kier molecular flexibility index (Phi) is 5.84. The van der Waals surface area contributed by atoms with Gasteiger partial charge in [0, 0.05) is 11.6 Å². The first-order valence-electron chi connectivity index (χ1n) is 7.32. The second kappa shape index (κ2) is 7.64. The lowest BCUT2D eigenvalue weighted by atomic mass is 9.98. The SMILES string of the molecule is CCCOc1ccc(CCl)c(OC2CCCCC2)c1. The topological polar surface area (TPSA) is 18.5 Å². The molecule has 19 heavy (non-hydrogen) atoms. The van der Waals surface area contributed by atoms with Gasteiger partial charge < -0.3 is 9.47 Å². The fraction of sp³-hybridized carbons (Fsp3) is 0.625. The quantitative estimate of drug-likeness (QED) is 0.689. The van der Waals surface area contributed by atoms with Gasteiger partial charge in [0.05, 0.1) is 18.6 Å². The zero-order chi connectivity index (χ0) is 13.5. The first-order chi connectivity index (χ1) is 9.33. The van der Waals surface area contributed by atoms with Gasteiger partial charge >= 0.3 is 0 Å². The van der Waals surface area contributed by atoms with E-state index in [1.165, 1.54) is 19.3 Å². The van der Waals surface area contributed by atoms with Crippen molar-refractivity contribution in [3.05, 3.63) is 23.8 Å². The first kappa shape index (κ1) is 14.5. The minimum atomic E-state index is 0.345. The van der Waals surface area contributed by atoms with E-state index in [2.05, 4.69) is 6.92 Å². The second-order valence-corrected chi connectivity index (χ2v) is 5.40. The summed E-state index contributed by atoms with van der Waals surface area (Å²) in [6.07, 6.45) is 7.54. The second-order valence-electron chi connectivity index (χ2n) is 5.13. The van der Waals surface area contributed by atoms with E-state index in [-0.39, 0.29) is 0 Å². The molecule has 1 fully saturated rings. The fourth-order valence-electron chi connectivity index (χ4n) is 2.43. The zero-order valence-electron chi connectivity index (χ0n) is 11.7. The maximum Gasteiger partial charge on any atom is 0.127 e. The van der Waals surface area contributed by atoms with Crippen LogP contribution in [0.25, 0.3) is 0 Å². The van der Waals surface area contributed by atoms with Gasteiger partial charge in [0.25, 0.3) is 0 Å². The van der Waals surface area contributed by atoms with Crippen molar-refractivity contribution in [1.29, 1.82) is 0 Å². The molecular formula is C16H23ClO2. The molecule has 1 aromatic carbocycles. The van der Waals surface area contributed by atoms with Crippen molar-refractivity contribution in [2.45, 2.75) is 57.4 Å². The normalized spacial score (nSPS) is 16.3. The Morgan fingerprint density at radius 1 is 1.21 bits per heavy atom. The highest BCUT2D eigenvalue weighted by atomic mass is 35.5. The van der Waals surface area contributed by atoms with Gasteiger partial charge in [-0.05, 0) is 38.2 Å². The Labute approximate surface area is 121 Å². The largest absolute Gasteiger partial charge is 0.493 e. The zero-order valence-corrected chi connectivity index (χ0v) is 12.4. The van der Waals surface area contributed by atoms with Gasteiger partial charge in [0.2, 0.25) is 0 Å². The van der Waals surface area contributed by atoms with Crippen molar-refractivity contribution in [3.8, 4) is 11.5 Å². The molecule has 2 rings (SSSR count). The summed E-state index contributed by atoms with van der Waals surface area (Å²) in [5, 5.41) is 0. The molecule has 0 atom stereocenters. The Hall–Kier alpha value is -0.890. The third-order valence-electron chi connectivity index (χ3n) is 3.50. The van der Waals surface area contributed by atoms with Crippen LogP contribution in [0, 0.1) is 0 Å². The van der Waals surface area contributed by atoms with E-state index >= 15 is 0 Å². The third kappa shape index (κ3) is 4.31. The summed E-state index contributed by atoms with van der Waals surface area (Å²) >= 11 is 5.99. The molecule has 0 N–H and O–H groups in total. The summed E-state index contributed by atoms with van der Waals surface area (Å²) in [6.45, 7) is 2.84. The average Bonchev–Trinajstić information content (AvgIpc) is 2.46. The third-order valence-corrected chi connectivity index (χ3v) is 3.79. The minimum absolute atomic E-state index is 0.345. The van der Waals surface area contributed by atoms with Gasteiger partial charge in [-0.15, -0.1) is 11.6 Å². The number of ether oxygens (including phenoxy) is 2. The van der Waals surface area contributed by atoms with Crippen molar-refractivity contribution in [1.82, 2.24) is 0 Å². The molecule has 1 saturated carbocycles. The summed E-state index contributed by atoms with van der Waals surface area (Å²) in [6, 6.07) is 5.97. The van der Waals surface area contributed by atoms with Crippen LogP contribution in [-0.4, -0.2) is 12.7 Å². The summed E-state index contributed by atoms with van der Waals surface area (Å²) in [7, 11) is 0. The van der Waals surface area contributed by atoms with Crippen molar-refractivity contribution >= 4 is 11.6 Å². The Balaban J connectivity index is 2.06. The molecule has 1 aromatic rings. The van der Waals surface area contributed by atoms with Crippen LogP contribution in [0.4, 0.5) is 0 Å². The van der Waals surface area contributed by atoms with Gasteiger partial charge in [-0.2, -0.15) is 0 Å². The summed E-state index contributed by atoms with van der Waals surface area (Å²) in [5.74, 6) is 2.26. The molecule has 0 heterocycles. The number of hydrogen-bond acceptors (Lipinski definition) is 2. The predicted molar refractivity (Wildman–Crippen MR) is 79.3 cm³/mol. The minimum Gasteiger partial charge on any atom is -0.493 e. The van der Waals surface area contributed by atoms with Gasteiger partial charge in [-0.25, -0.2) is 0 Å². The highest BCUT2D eigenvalue weighted by Gasteiger charge is 2.16. The van der Waals surface area contributed by atoms with E-state index in [4.69, 9.17) is 21.1 Å². The molecular weight excluding hydrogens is 260 g/mol. The number of halogens is 1. The van der Waals surface area contributed by atoms with Crippen LogP contribution in [0.1, 0.15) is 51.0 Å². The van der Waals surface area contributed by atoms with E-state index in [0.717, 1.165) is 42.9 Å². The molecule has 0 saturated heterocycles. The van der Waals surface area contributed by atoms with Gasteiger partial charge in [0.1, 0.15) is 11.5 Å². The molecule has 1 aliphatic rings. The van der Waals surface area contributed by atoms with Crippen molar-refractivity contribution in [2.75, 3.05) is 6.61 Å². The molecule has 3 heteroatoms. The number of rotatable bonds is 6. The van der Waals surface area contributed by atoms with Crippen LogP contribution in [-0.2, 0) is 5.88 Å². The highest BCUT2D eigenvalue weighted by molar-refractivity contribution is 6.17. The maximum absolute atomic E-state index is 6.13. The van der Waals surface area contributed by atoms with E-state index in [1.807, 2.05) is 18.2 Å². The average molecular weight is 283 g/mol. The fourth-order valence-corrected chi connectivity index (χ4v) is 2.65. The molecule has 0 unspecified atom stereocenters. The molecule has 0 aliphatic heterocycles. The van der Waals surface area contributed by atoms with E-state index in [9.17, 15) is 0 Å². The van der Waals surface area contributed by atoms with Crippen molar-refractivity contribution < 1.29 is 9.47 Å². The van der Waals surface area contributed by atoms with Crippen LogP contribution in [0.2, 0.25) is 0 Å². The number of alkyl halides is 1. The molecule has 0 amide bonds. The summed E-state index contributed by atoms with van der Waals surface area (Å²) in [4.78, 5) is 0. The smallest absolute Gasteiger partial charge is 0.127 e. The standard InChI is InChI=1S/C16H23ClO2/c1-2-10-18-15-9-8-13(12-17)16(11-15)19-14-6-4-3-5-7-14/h8-9,11,14H,2-7,10,12H2,1H3. The number of benzene rings is 1. The van der Waals surface area contributed by atoms with Gasteiger partial charge in [-0.3, -0.25) is 0 Å². The maximum atomic E-state index is 6.13. The Morgan fingerprint density at radius 3 is 2.68 bits per heavy atom. The van der Waals surface area contributed by atoms with E-state index in [0.29, 0.717) is 12.0 Å². The lowest BCUT2D eigenvalue weighted by Crippen LogP contribution is -2.20. The lowest BCUT2D eigenvalue weighted by molar-refractivity contribution is 0.153. The van der Waals surface area contributed by atoms with Crippen LogP contribution in [0.15, 0.2) is 18.2 Å². The Morgan fingerprint density at radius 2 is 2.00 bits per heavy atom. The van der Waals surface area contributed by atoms with Crippen LogP contribution < -0.4 is 9.47 Å². The molecule has 0 radical (unpaired) electrons. The molecule has 2 nitrogen and oxygen atoms in total. The summed E-state index contributed by atoms with van der Waals surface area (Å²) < 4.78 is 11.8. The molecule has 106 valence electrons. The van der Waals surface area contributed by atoms with Crippen LogP contribution >= 0.6 is 11.6 Å². The molecule has 0 bridgehead atoms. The van der Waals surface area contributed by atoms with E-state index < -0.39 is 0 Å². The Bertz CT molecular complexity index is 386. The molecule has 0 spiro atoms. The van der Waals surface area contributed by atoms with E-state index in [1.54, 1.807) is 0 Å². The van der Waals surface area contributed by atoms with Crippen molar-refractivity contribution in [3.63, 3.8) is 0 Å². The lowest BCUT2D eigenvalue weighted by Gasteiger charge is -2.24. The van der Waals surface area contributed by atoms with Crippen LogP contribution in [0.5, 0.6) is 11.5 Å². The van der Waals surface area contributed by atoms with Crippen LogP contribution in [0.3, 0.4) is 0 Å². The number of hydrogen-bond donors (Lipinski definition) is 0. The predicted octanol–water partition coefficient (Wildman–Crippen LogP) is 4.93. The first-order valence-corrected chi connectivity index (χ1v) is 7.85. The van der Waals surface area contributed by atoms with Gasteiger partial charge in [-0.1, -0.05) is 19.4 Å². The summed E-state index contributed by atoms with van der Waals surface area (Å²) in [5.41, 5.74) is 1.05. The van der Waals surface area contributed by atoms with Crippen molar-refractivity contribution in [2.24, 2.45) is 0 Å². The monoisotopic (exact) mass is 282 g/mol. The highest BCUT2D eigenvalue weighted by Crippen LogP contribution is 2.30.